The molecule has 10 nitrogen and oxygen atoms in total. The van der Waals surface area contributed by atoms with Crippen LogP contribution in [0.3, 0.4) is 0 Å². The molecule has 2 aliphatic rings. The smallest absolute Gasteiger partial charge is 0.264 e. The van der Waals surface area contributed by atoms with E-state index in [1.165, 1.54) is 14.2 Å². The number of imidazole rings is 1. The predicted molar refractivity (Wildman–Crippen MR) is 131 cm³/mol. The van der Waals surface area contributed by atoms with Crippen molar-refractivity contribution in [2.45, 2.75) is 25.4 Å². The first-order chi connectivity index (χ1) is 17.5. The van der Waals surface area contributed by atoms with E-state index in [0.29, 0.717) is 59.8 Å². The van der Waals surface area contributed by atoms with Gasteiger partial charge in [-0.15, -0.1) is 0 Å². The van der Waals surface area contributed by atoms with Crippen molar-refractivity contribution in [2.75, 3.05) is 32.2 Å². The number of hydrogen-bond acceptors (Lipinski definition) is 6. The first-order valence-corrected chi connectivity index (χ1v) is 11.8. The maximum atomic E-state index is 13.7. The average Bonchev–Trinajstić information content (AvgIpc) is 3.52. The van der Waals surface area contributed by atoms with E-state index >= 15 is 0 Å². The fourth-order valence-electron chi connectivity index (χ4n) is 4.91. The molecule has 1 aromatic heterocycles. The van der Waals surface area contributed by atoms with Crippen LogP contribution >= 0.6 is 0 Å². The Kier molecular flexibility index (Phi) is 6.32. The molecule has 0 unspecified atom stereocenters. The quantitative estimate of drug-likeness (QED) is 0.477. The van der Waals surface area contributed by atoms with Gasteiger partial charge in [0.25, 0.3) is 11.8 Å². The molecule has 1 atom stereocenters. The number of aromatic amines is 1. The minimum absolute atomic E-state index is 0.0921. The molecule has 2 aliphatic heterocycles. The zero-order valence-electron chi connectivity index (χ0n) is 20.1. The molecule has 0 spiro atoms. The number of carbonyl (C=O) groups is 3. The van der Waals surface area contributed by atoms with Gasteiger partial charge >= 0.3 is 0 Å². The summed E-state index contributed by atoms with van der Waals surface area (Å²) in [6, 6.07) is 10.6. The van der Waals surface area contributed by atoms with Crippen molar-refractivity contribution in [1.29, 1.82) is 0 Å². The predicted octanol–water partition coefficient (Wildman–Crippen LogP) is 2.68. The molecule has 0 saturated carbocycles. The summed E-state index contributed by atoms with van der Waals surface area (Å²) in [5, 5.41) is 2.90. The van der Waals surface area contributed by atoms with Crippen molar-refractivity contribution in [3.63, 3.8) is 0 Å². The molecule has 2 N–H and O–H groups in total. The lowest BCUT2D eigenvalue weighted by molar-refractivity contribution is -0.121. The summed E-state index contributed by atoms with van der Waals surface area (Å²) < 4.78 is 10.9. The van der Waals surface area contributed by atoms with Crippen molar-refractivity contribution in [3.8, 4) is 11.5 Å². The van der Waals surface area contributed by atoms with Crippen molar-refractivity contribution in [1.82, 2.24) is 20.2 Å². The van der Waals surface area contributed by atoms with Crippen LogP contribution < -0.4 is 19.7 Å². The summed E-state index contributed by atoms with van der Waals surface area (Å²) >= 11 is 0. The number of nitrogens with one attached hydrogen (secondary N) is 2. The second-order valence-corrected chi connectivity index (χ2v) is 8.61. The Labute approximate surface area is 208 Å². The molecule has 0 bridgehead atoms. The van der Waals surface area contributed by atoms with Crippen molar-refractivity contribution in [2.24, 2.45) is 0 Å². The zero-order valence-corrected chi connectivity index (χ0v) is 20.1. The number of H-pyrrole nitrogens is 1. The number of nitrogens with zero attached hydrogens (tertiary/aromatic N) is 3. The molecule has 186 valence electrons. The highest BCUT2D eigenvalue weighted by Crippen LogP contribution is 2.49. The number of anilines is 1. The maximum Gasteiger partial charge on any atom is 0.264 e. The van der Waals surface area contributed by atoms with E-state index in [-0.39, 0.29) is 24.1 Å². The molecule has 5 rings (SSSR count). The number of fused-ring (bicyclic) bond motifs is 5. The summed E-state index contributed by atoms with van der Waals surface area (Å²) in [6.45, 7) is 0.806. The molecule has 0 saturated heterocycles. The lowest BCUT2D eigenvalue weighted by Gasteiger charge is -2.41. The van der Waals surface area contributed by atoms with Crippen LogP contribution in [0.1, 0.15) is 51.0 Å². The molecular weight excluding hydrogens is 462 g/mol. The zero-order chi connectivity index (χ0) is 25.2. The lowest BCUT2D eigenvalue weighted by atomic mass is 10.0. The second kappa shape index (κ2) is 9.73. The summed E-state index contributed by atoms with van der Waals surface area (Å²) in [6.07, 6.45) is 4.07. The molecule has 0 radical (unpaired) electrons. The summed E-state index contributed by atoms with van der Waals surface area (Å²) in [4.78, 5) is 49.9. The number of benzene rings is 2. The lowest BCUT2D eigenvalue weighted by Crippen LogP contribution is -2.48. The third kappa shape index (κ3) is 3.94. The first kappa shape index (κ1) is 23.4. The van der Waals surface area contributed by atoms with E-state index in [1.54, 1.807) is 58.7 Å². The van der Waals surface area contributed by atoms with Gasteiger partial charge in [0.2, 0.25) is 5.91 Å². The number of carbonyl (C=O) groups excluding carboxylic acids is 3. The van der Waals surface area contributed by atoms with E-state index < -0.39 is 6.17 Å². The summed E-state index contributed by atoms with van der Waals surface area (Å²) in [7, 11) is 3.01. The van der Waals surface area contributed by atoms with Crippen LogP contribution in [0.25, 0.3) is 0 Å². The van der Waals surface area contributed by atoms with Gasteiger partial charge in [0.1, 0.15) is 6.17 Å². The normalized spacial score (nSPS) is 15.9. The Balaban J connectivity index is 1.37. The molecule has 0 fully saturated rings. The van der Waals surface area contributed by atoms with E-state index in [2.05, 4.69) is 15.3 Å². The summed E-state index contributed by atoms with van der Waals surface area (Å²) in [5.41, 5.74) is 3.01. The fourth-order valence-corrected chi connectivity index (χ4v) is 4.91. The average molecular weight is 490 g/mol. The van der Waals surface area contributed by atoms with Crippen LogP contribution in [-0.2, 0) is 11.2 Å². The van der Waals surface area contributed by atoms with Gasteiger partial charge in [0.15, 0.2) is 11.5 Å². The van der Waals surface area contributed by atoms with E-state index in [9.17, 15) is 14.4 Å². The van der Waals surface area contributed by atoms with Gasteiger partial charge in [-0.2, -0.15) is 0 Å². The maximum absolute atomic E-state index is 13.7. The molecule has 3 amide bonds. The largest absolute Gasteiger partial charge is 0.493 e. The van der Waals surface area contributed by atoms with Gasteiger partial charge in [0.05, 0.1) is 37.4 Å². The highest BCUT2D eigenvalue weighted by atomic mass is 16.5. The molecule has 10 heteroatoms. The standard InChI is InChI=1S/C26H27N5O5/c1-35-20-10-9-18-22(23(20)36-2)26(34)31-19-7-4-3-6-17(19)25(33)30(24(18)31)13-5-8-21(32)28-12-11-16-14-27-15-29-16/h3-4,6-7,9-10,14-15,24H,5,8,11-13H2,1-2H3,(H,27,29)(H,28,32)/t24-/m1/s1. The number of aromatic nitrogens is 2. The van der Waals surface area contributed by atoms with Crippen LogP contribution in [0.2, 0.25) is 0 Å². The number of amides is 3. The Bertz CT molecular complexity index is 1310. The number of ether oxygens (including phenoxy) is 2. The first-order valence-electron chi connectivity index (χ1n) is 11.8. The van der Waals surface area contributed by atoms with Gasteiger partial charge in [-0.25, -0.2) is 4.98 Å². The Morgan fingerprint density at radius 1 is 1.11 bits per heavy atom. The van der Waals surface area contributed by atoms with Crippen LogP contribution in [-0.4, -0.2) is 59.9 Å². The minimum atomic E-state index is -0.627. The molecular formula is C26H27N5O5. The van der Waals surface area contributed by atoms with Gasteiger partial charge in [-0.3, -0.25) is 19.3 Å². The minimum Gasteiger partial charge on any atom is -0.493 e. The highest BCUT2D eigenvalue weighted by molar-refractivity contribution is 6.18. The Hall–Kier alpha value is -4.34. The van der Waals surface area contributed by atoms with Gasteiger partial charge in [-0.1, -0.05) is 18.2 Å². The Morgan fingerprint density at radius 2 is 1.94 bits per heavy atom. The van der Waals surface area contributed by atoms with Crippen LogP contribution in [0.5, 0.6) is 11.5 Å². The van der Waals surface area contributed by atoms with Crippen molar-refractivity contribution >= 4 is 23.4 Å². The number of hydrogen-bond donors (Lipinski definition) is 2. The van der Waals surface area contributed by atoms with Gasteiger partial charge in [-0.05, 0) is 24.6 Å². The second-order valence-electron chi connectivity index (χ2n) is 8.61. The van der Waals surface area contributed by atoms with E-state index in [1.807, 2.05) is 0 Å². The number of para-hydroxylation sites is 1. The monoisotopic (exact) mass is 489 g/mol. The highest BCUT2D eigenvalue weighted by Gasteiger charge is 2.49. The van der Waals surface area contributed by atoms with E-state index in [4.69, 9.17) is 9.47 Å². The topological polar surface area (TPSA) is 117 Å². The molecule has 3 heterocycles. The van der Waals surface area contributed by atoms with Gasteiger partial charge in [0, 0.05) is 43.4 Å². The Morgan fingerprint density at radius 3 is 2.69 bits per heavy atom. The number of methoxy groups -OCH3 is 2. The van der Waals surface area contributed by atoms with Crippen molar-refractivity contribution in [3.05, 3.63) is 71.3 Å². The SMILES string of the molecule is COc1ccc2c(c1OC)C(=O)N1c3ccccc3C(=O)N(CCCC(=O)NCCc3cnc[nH]3)[C@@H]21. The molecule has 36 heavy (non-hydrogen) atoms. The fraction of sp³-hybridized carbons (Fsp3) is 0.308. The van der Waals surface area contributed by atoms with Gasteiger partial charge < -0.3 is 24.7 Å². The molecule has 3 aromatic rings. The third-order valence-electron chi connectivity index (χ3n) is 6.56. The molecule has 2 aromatic carbocycles. The van der Waals surface area contributed by atoms with E-state index in [0.717, 1.165) is 5.69 Å². The van der Waals surface area contributed by atoms with Crippen LogP contribution in [0.15, 0.2) is 48.9 Å². The van der Waals surface area contributed by atoms with Crippen LogP contribution in [0.4, 0.5) is 5.69 Å². The number of rotatable bonds is 9. The summed E-state index contributed by atoms with van der Waals surface area (Å²) in [5.74, 6) is 0.262. The van der Waals surface area contributed by atoms with Crippen molar-refractivity contribution < 1.29 is 23.9 Å². The van der Waals surface area contributed by atoms with Crippen LogP contribution in [0, 0.1) is 0 Å². The third-order valence-corrected chi connectivity index (χ3v) is 6.56. The molecule has 0 aliphatic carbocycles.